The van der Waals surface area contributed by atoms with Crippen LogP contribution in [-0.2, 0) is 0 Å². The highest BCUT2D eigenvalue weighted by Crippen LogP contribution is 2.12. The van der Waals surface area contributed by atoms with Gasteiger partial charge in [-0.15, -0.1) is 0 Å². The van der Waals surface area contributed by atoms with Crippen molar-refractivity contribution in [2.75, 3.05) is 6.54 Å². The summed E-state index contributed by atoms with van der Waals surface area (Å²) in [5.74, 6) is 0.807. The van der Waals surface area contributed by atoms with Gasteiger partial charge in [-0.25, -0.2) is 13.2 Å². The van der Waals surface area contributed by atoms with Crippen LogP contribution in [0.15, 0.2) is 12.1 Å². The first-order valence-electron chi connectivity index (χ1n) is 3.48. The monoisotopic (exact) mass is 185 g/mol. The molecule has 0 heterocycles. The van der Waals surface area contributed by atoms with Crippen LogP contribution in [0, 0.1) is 29.3 Å². The Morgan fingerprint density at radius 3 is 2.15 bits per heavy atom. The molecule has 0 amide bonds. The molecule has 0 fully saturated rings. The van der Waals surface area contributed by atoms with Crippen molar-refractivity contribution >= 4 is 0 Å². The molecule has 0 aliphatic carbocycles. The summed E-state index contributed by atoms with van der Waals surface area (Å²) in [6, 6.07) is 1.64. The quantitative estimate of drug-likeness (QED) is 0.480. The Bertz CT molecular complexity index is 353. The van der Waals surface area contributed by atoms with Crippen LogP contribution in [0.25, 0.3) is 0 Å². The number of hydrogen-bond donors (Lipinski definition) is 1. The first-order chi connectivity index (χ1) is 6.15. The zero-order chi connectivity index (χ0) is 9.84. The summed E-state index contributed by atoms with van der Waals surface area (Å²) in [6.45, 7) is 0.0839. The van der Waals surface area contributed by atoms with Crippen molar-refractivity contribution in [1.29, 1.82) is 0 Å². The SMILES string of the molecule is NCC#Cc1cc(F)c(F)c(F)c1. The van der Waals surface area contributed by atoms with Gasteiger partial charge in [-0.1, -0.05) is 11.8 Å². The molecule has 1 aromatic rings. The molecule has 0 spiro atoms. The fraction of sp³-hybridized carbons (Fsp3) is 0.111. The largest absolute Gasteiger partial charge is 0.320 e. The van der Waals surface area contributed by atoms with Crippen LogP contribution in [0.1, 0.15) is 5.56 Å². The predicted octanol–water partition coefficient (Wildman–Crippen LogP) is 1.41. The topological polar surface area (TPSA) is 26.0 Å². The van der Waals surface area contributed by atoms with E-state index in [0.29, 0.717) is 0 Å². The maximum atomic E-state index is 12.6. The first kappa shape index (κ1) is 9.62. The number of halogens is 3. The Balaban J connectivity index is 3.13. The highest BCUT2D eigenvalue weighted by atomic mass is 19.2. The van der Waals surface area contributed by atoms with E-state index in [4.69, 9.17) is 5.73 Å². The van der Waals surface area contributed by atoms with Crippen molar-refractivity contribution in [3.8, 4) is 11.8 Å². The summed E-state index contributed by atoms with van der Waals surface area (Å²) in [5, 5.41) is 0. The van der Waals surface area contributed by atoms with Gasteiger partial charge in [0, 0.05) is 5.56 Å². The van der Waals surface area contributed by atoms with Crippen LogP contribution >= 0.6 is 0 Å². The molecule has 0 aromatic heterocycles. The molecule has 0 saturated carbocycles. The Morgan fingerprint density at radius 2 is 1.69 bits per heavy atom. The summed E-state index contributed by atoms with van der Waals surface area (Å²) < 4.78 is 37.5. The van der Waals surface area contributed by atoms with Gasteiger partial charge in [0.05, 0.1) is 6.54 Å². The average Bonchev–Trinajstić information content (AvgIpc) is 2.10. The zero-order valence-electron chi connectivity index (χ0n) is 6.57. The van der Waals surface area contributed by atoms with Gasteiger partial charge in [-0.3, -0.25) is 0 Å². The van der Waals surface area contributed by atoms with Crippen molar-refractivity contribution in [2.24, 2.45) is 5.73 Å². The van der Waals surface area contributed by atoms with Gasteiger partial charge >= 0.3 is 0 Å². The molecule has 0 radical (unpaired) electrons. The van der Waals surface area contributed by atoms with Gasteiger partial charge in [0.1, 0.15) is 0 Å². The number of benzene rings is 1. The molecule has 0 unspecified atom stereocenters. The van der Waals surface area contributed by atoms with Crippen LogP contribution in [0.4, 0.5) is 13.2 Å². The second-order valence-electron chi connectivity index (χ2n) is 2.26. The fourth-order valence-electron chi connectivity index (χ4n) is 0.781. The highest BCUT2D eigenvalue weighted by molar-refractivity contribution is 5.35. The van der Waals surface area contributed by atoms with Gasteiger partial charge in [0.25, 0.3) is 0 Å². The molecule has 1 nitrogen and oxygen atoms in total. The van der Waals surface area contributed by atoms with E-state index in [-0.39, 0.29) is 12.1 Å². The minimum atomic E-state index is -1.49. The van der Waals surface area contributed by atoms with Gasteiger partial charge in [-0.05, 0) is 12.1 Å². The normalized spacial score (nSPS) is 9.23. The van der Waals surface area contributed by atoms with Crippen molar-refractivity contribution in [1.82, 2.24) is 0 Å². The standard InChI is InChI=1S/C9H6F3N/c10-7-4-6(2-1-3-13)5-8(11)9(7)12/h4-5H,3,13H2. The lowest BCUT2D eigenvalue weighted by Gasteiger charge is -1.95. The third-order valence-corrected chi connectivity index (χ3v) is 1.32. The lowest BCUT2D eigenvalue weighted by atomic mass is 10.2. The van der Waals surface area contributed by atoms with Gasteiger partial charge in [0.2, 0.25) is 0 Å². The number of nitrogens with two attached hydrogens (primary N) is 1. The summed E-state index contributed by atoms with van der Waals surface area (Å²) in [7, 11) is 0. The van der Waals surface area contributed by atoms with E-state index >= 15 is 0 Å². The molecule has 1 rings (SSSR count). The molecule has 68 valence electrons. The number of rotatable bonds is 0. The summed E-state index contributed by atoms with van der Waals surface area (Å²) in [4.78, 5) is 0. The number of hydrogen-bond acceptors (Lipinski definition) is 1. The smallest absolute Gasteiger partial charge is 0.194 e. The summed E-state index contributed by atoms with van der Waals surface area (Å²) in [6.07, 6.45) is 0. The van der Waals surface area contributed by atoms with Crippen molar-refractivity contribution in [3.63, 3.8) is 0 Å². The van der Waals surface area contributed by atoms with Crippen molar-refractivity contribution in [3.05, 3.63) is 35.1 Å². The molecule has 0 aliphatic rings. The Morgan fingerprint density at radius 1 is 1.15 bits per heavy atom. The van der Waals surface area contributed by atoms with E-state index in [2.05, 4.69) is 11.8 Å². The minimum Gasteiger partial charge on any atom is -0.320 e. The molecular weight excluding hydrogens is 179 g/mol. The van der Waals surface area contributed by atoms with Crippen LogP contribution in [0.5, 0.6) is 0 Å². The van der Waals surface area contributed by atoms with E-state index in [1.54, 1.807) is 0 Å². The van der Waals surface area contributed by atoms with Crippen LogP contribution in [-0.4, -0.2) is 6.54 Å². The predicted molar refractivity (Wildman–Crippen MR) is 42.2 cm³/mol. The summed E-state index contributed by atoms with van der Waals surface area (Å²) >= 11 is 0. The maximum Gasteiger partial charge on any atom is 0.194 e. The molecule has 13 heavy (non-hydrogen) atoms. The second kappa shape index (κ2) is 3.97. The first-order valence-corrected chi connectivity index (χ1v) is 3.48. The van der Waals surface area contributed by atoms with E-state index in [9.17, 15) is 13.2 Å². The Labute approximate surface area is 73.4 Å². The van der Waals surface area contributed by atoms with Crippen LogP contribution in [0.3, 0.4) is 0 Å². The van der Waals surface area contributed by atoms with Gasteiger partial charge in [-0.2, -0.15) is 0 Å². The summed E-state index contributed by atoms with van der Waals surface area (Å²) in [5.41, 5.74) is 5.12. The molecular formula is C9H6F3N. The lowest BCUT2D eigenvalue weighted by molar-refractivity contribution is 0.446. The third kappa shape index (κ3) is 2.23. The molecule has 0 aliphatic heterocycles. The van der Waals surface area contributed by atoms with Crippen LogP contribution in [0.2, 0.25) is 0 Å². The molecule has 4 heteroatoms. The Hall–Kier alpha value is -1.47. The lowest BCUT2D eigenvalue weighted by Crippen LogP contribution is -1.94. The third-order valence-electron chi connectivity index (χ3n) is 1.32. The average molecular weight is 185 g/mol. The van der Waals surface area contributed by atoms with Crippen molar-refractivity contribution in [2.45, 2.75) is 0 Å². The van der Waals surface area contributed by atoms with E-state index in [0.717, 1.165) is 12.1 Å². The molecule has 1 aromatic carbocycles. The molecule has 0 saturated heterocycles. The minimum absolute atomic E-state index is 0.0712. The van der Waals surface area contributed by atoms with Crippen molar-refractivity contribution < 1.29 is 13.2 Å². The highest BCUT2D eigenvalue weighted by Gasteiger charge is 2.08. The second-order valence-corrected chi connectivity index (χ2v) is 2.26. The van der Waals surface area contributed by atoms with E-state index < -0.39 is 17.5 Å². The molecule has 0 bridgehead atoms. The molecule has 0 atom stereocenters. The van der Waals surface area contributed by atoms with Crippen LogP contribution < -0.4 is 5.73 Å². The maximum absolute atomic E-state index is 12.6. The fourth-order valence-corrected chi connectivity index (χ4v) is 0.781. The van der Waals surface area contributed by atoms with E-state index in [1.807, 2.05) is 0 Å². The zero-order valence-corrected chi connectivity index (χ0v) is 6.57. The Kier molecular flexibility index (Phi) is 2.93. The van der Waals surface area contributed by atoms with Gasteiger partial charge < -0.3 is 5.73 Å². The van der Waals surface area contributed by atoms with E-state index in [1.165, 1.54) is 0 Å². The van der Waals surface area contributed by atoms with Gasteiger partial charge in [0.15, 0.2) is 17.5 Å². The molecule has 2 N–H and O–H groups in total.